The minimum absolute atomic E-state index is 0. The number of halogens is 1. The second-order valence-electron chi connectivity index (χ2n) is 10.3. The van der Waals surface area contributed by atoms with Crippen LogP contribution in [0.4, 0.5) is 0 Å². The fourth-order valence-corrected chi connectivity index (χ4v) is 3.89. The van der Waals surface area contributed by atoms with Crippen molar-refractivity contribution in [3.05, 3.63) is 29.8 Å². The van der Waals surface area contributed by atoms with Crippen molar-refractivity contribution in [1.29, 1.82) is 0 Å². The number of nitrogens with one attached hydrogen (secondary N) is 1. The van der Waals surface area contributed by atoms with E-state index in [4.69, 9.17) is 45.1 Å². The molecule has 3 atom stereocenters. The van der Waals surface area contributed by atoms with Crippen LogP contribution in [-0.2, 0) is 23.7 Å². The molecule has 1 aromatic carbocycles. The van der Waals surface area contributed by atoms with E-state index in [0.29, 0.717) is 44.0 Å². The normalized spacial score (nSPS) is 17.7. The molecule has 0 bridgehead atoms. The van der Waals surface area contributed by atoms with Crippen LogP contribution in [0.2, 0.25) is 0 Å². The van der Waals surface area contributed by atoms with Crippen LogP contribution >= 0.6 is 11.6 Å². The van der Waals surface area contributed by atoms with Gasteiger partial charge < -0.3 is 59.8 Å². The van der Waals surface area contributed by atoms with Crippen LogP contribution < -0.4 is 69.2 Å². The number of hydrogen-bond acceptors (Lipinski definition) is 12. The predicted molar refractivity (Wildman–Crippen MR) is 173 cm³/mol. The van der Waals surface area contributed by atoms with E-state index in [0.717, 1.165) is 52.4 Å². The van der Waals surface area contributed by atoms with Crippen molar-refractivity contribution in [2.24, 2.45) is 0 Å². The predicted octanol–water partition coefficient (Wildman–Crippen LogP) is -3.21. The zero-order valence-corrected chi connectivity index (χ0v) is 34.5. The molecule has 3 aliphatic rings. The molecule has 4 rings (SSSR count). The number of hydrogen-bond donors (Lipinski definition) is 3. The van der Waals surface area contributed by atoms with E-state index in [2.05, 4.69) is 12.2 Å². The molecule has 264 valence electrons. The van der Waals surface area contributed by atoms with Gasteiger partial charge in [0.2, 0.25) is 0 Å². The van der Waals surface area contributed by atoms with E-state index in [1.165, 1.54) is 37.7 Å². The molecular formula is C31H61ClN2Na2O10. The summed E-state index contributed by atoms with van der Waals surface area (Å²) in [5.41, 5.74) is 1.22. The molecule has 3 fully saturated rings. The number of alkyl halides is 1. The van der Waals surface area contributed by atoms with Crippen molar-refractivity contribution in [2.45, 2.75) is 63.4 Å². The molecule has 12 nitrogen and oxygen atoms in total. The quantitative estimate of drug-likeness (QED) is 0.0723. The molecule has 1 saturated carbocycles. The van der Waals surface area contributed by atoms with Crippen molar-refractivity contribution >= 4 is 11.6 Å². The summed E-state index contributed by atoms with van der Waals surface area (Å²) in [5, 5.41) is 19.6. The molecule has 1 aliphatic carbocycles. The largest absolute Gasteiger partial charge is 1.00 e. The van der Waals surface area contributed by atoms with E-state index >= 15 is 0 Å². The van der Waals surface area contributed by atoms with Gasteiger partial charge in [-0.25, -0.2) is 0 Å². The molecule has 15 heteroatoms. The Hall–Kier alpha value is 0.870. The molecule has 3 unspecified atom stereocenters. The van der Waals surface area contributed by atoms with Gasteiger partial charge >= 0.3 is 59.1 Å². The Bertz CT molecular complexity index is 706. The Labute approximate surface area is 327 Å². The average Bonchev–Trinajstić information content (AvgIpc) is 3.93. The number of benzene rings is 1. The second-order valence-corrected chi connectivity index (χ2v) is 10.6. The summed E-state index contributed by atoms with van der Waals surface area (Å²) in [4.78, 5) is 2.03. The molecule has 0 amide bonds. The molecule has 2 saturated heterocycles. The van der Waals surface area contributed by atoms with Gasteiger partial charge in [-0.05, 0) is 46.0 Å². The third-order valence-electron chi connectivity index (χ3n) is 6.23. The summed E-state index contributed by atoms with van der Waals surface area (Å²) < 4.78 is 30.5. The zero-order valence-electron chi connectivity index (χ0n) is 29.8. The summed E-state index contributed by atoms with van der Waals surface area (Å²) in [6, 6.07) is 7.99. The molecule has 46 heavy (non-hydrogen) atoms. The minimum atomic E-state index is -0.445. The summed E-state index contributed by atoms with van der Waals surface area (Å²) in [7, 11) is 8.19. The van der Waals surface area contributed by atoms with Crippen molar-refractivity contribution in [3.8, 4) is 5.75 Å². The fraction of sp³-hybridized carbons (Fsp3) is 0.806. The Kier molecular flexibility index (Phi) is 49.3. The monoisotopic (exact) mass is 702 g/mol. The number of aliphatic hydroxyl groups excluding tert-OH is 2. The van der Waals surface area contributed by atoms with Crippen LogP contribution in [0.5, 0.6) is 5.75 Å². The smallest absolute Gasteiger partial charge is 0.870 e. The summed E-state index contributed by atoms with van der Waals surface area (Å²) >= 11 is 5.27. The summed E-state index contributed by atoms with van der Waals surface area (Å²) in [5.74, 6) is 1.55. The summed E-state index contributed by atoms with van der Waals surface area (Å²) in [6.07, 6.45) is 7.65. The van der Waals surface area contributed by atoms with Gasteiger partial charge in [0.25, 0.3) is 0 Å². The minimum Gasteiger partial charge on any atom is -0.870 e. The van der Waals surface area contributed by atoms with Crippen molar-refractivity contribution in [1.82, 2.24) is 10.2 Å². The van der Waals surface area contributed by atoms with Crippen molar-refractivity contribution in [3.63, 3.8) is 0 Å². The van der Waals surface area contributed by atoms with Crippen LogP contribution in [-0.4, -0.2) is 151 Å². The second kappa shape index (κ2) is 40.3. The van der Waals surface area contributed by atoms with Gasteiger partial charge in [0, 0.05) is 41.0 Å². The third-order valence-corrected chi connectivity index (χ3v) is 6.58. The van der Waals surface area contributed by atoms with Crippen LogP contribution in [0.25, 0.3) is 0 Å². The van der Waals surface area contributed by atoms with Crippen LogP contribution in [0.15, 0.2) is 24.3 Å². The first-order valence-corrected chi connectivity index (χ1v) is 15.5. The zero-order chi connectivity index (χ0) is 31.4. The van der Waals surface area contributed by atoms with E-state index in [1.807, 2.05) is 43.3 Å². The number of likely N-dealkylation sites (N-methyl/N-ethyl adjacent to an activating group) is 2. The molecular weight excluding hydrogens is 642 g/mol. The number of epoxide rings is 2. The molecule has 0 radical (unpaired) electrons. The van der Waals surface area contributed by atoms with Crippen LogP contribution in [0.1, 0.15) is 37.7 Å². The topological polar surface area (TPSA) is 178 Å². The Balaban J connectivity index is -0.000000171. The van der Waals surface area contributed by atoms with Gasteiger partial charge in [0.1, 0.15) is 18.5 Å². The number of methoxy groups -OCH3 is 2. The number of nitrogens with zero attached hydrogens (tertiary/aromatic N) is 1. The molecule has 1 aromatic rings. The number of aryl methyl sites for hydroxylation is 1. The van der Waals surface area contributed by atoms with Gasteiger partial charge in [-0.15, -0.1) is 11.6 Å². The van der Waals surface area contributed by atoms with Crippen LogP contribution in [0.3, 0.4) is 0 Å². The van der Waals surface area contributed by atoms with Gasteiger partial charge in [0.05, 0.1) is 57.2 Å². The van der Waals surface area contributed by atoms with Gasteiger partial charge in [-0.2, -0.15) is 0 Å². The van der Waals surface area contributed by atoms with E-state index in [1.54, 1.807) is 14.2 Å². The Morgan fingerprint density at radius 1 is 0.957 bits per heavy atom. The third kappa shape index (κ3) is 37.7. The Morgan fingerprint density at radius 3 is 1.93 bits per heavy atom. The van der Waals surface area contributed by atoms with Crippen molar-refractivity contribution in [2.75, 3.05) is 101 Å². The Morgan fingerprint density at radius 2 is 1.52 bits per heavy atom. The van der Waals surface area contributed by atoms with E-state index in [9.17, 15) is 5.11 Å². The van der Waals surface area contributed by atoms with Gasteiger partial charge in [-0.3, -0.25) is 0 Å². The molecule has 0 spiro atoms. The molecule has 5 N–H and O–H groups in total. The van der Waals surface area contributed by atoms with Crippen molar-refractivity contribution < 1.29 is 109 Å². The van der Waals surface area contributed by atoms with E-state index in [-0.39, 0.29) is 70.1 Å². The molecule has 2 aliphatic heterocycles. The maximum absolute atomic E-state index is 9.56. The standard InChI is InChI=1S/C14H23NO3.C9H19NO.C4H8O2.C3H5ClO.CH4O.2Na.2H2O/c1-12-4-6-14(7-5-12)18-9-8-15(2)10-13(16)11-17-3;1-10-7-8-11-9-5-3-2-4-6-9;1-5-2-4-3-6-4;4-1-3-2-5-3;1-2;;;;/h4-7,13,16H,8-11H2,1-3H3;9-10H,2-8H2,1H3;4H,2-3H2,1H3;3H,1-2H2;2H,1H3;;;2*1H2/q;;;;;2*+1;;/p-2. The number of aliphatic hydroxyl groups is 2. The maximum atomic E-state index is 9.56. The SMILES string of the molecule is CNCCOC1CCCCC1.CO.COCC(O)CN(C)CCOc1ccc(C)cc1.COCC1CO1.ClCC1CO1.[Na+].[Na+].[OH-].[OH-]. The van der Waals surface area contributed by atoms with E-state index < -0.39 is 6.10 Å². The molecule has 0 aromatic heterocycles. The fourth-order valence-electron chi connectivity index (χ4n) is 3.72. The average molecular weight is 703 g/mol. The first-order valence-electron chi connectivity index (χ1n) is 15.0. The maximum Gasteiger partial charge on any atom is 1.00 e. The summed E-state index contributed by atoms with van der Waals surface area (Å²) in [6.45, 7) is 8.78. The number of rotatable bonds is 15. The van der Waals surface area contributed by atoms with Crippen LogP contribution in [0, 0.1) is 6.92 Å². The molecule has 2 heterocycles. The first-order chi connectivity index (χ1) is 20.4. The first kappa shape index (κ1) is 56.3. The van der Waals surface area contributed by atoms with Gasteiger partial charge in [0.15, 0.2) is 0 Å². The van der Waals surface area contributed by atoms with Gasteiger partial charge in [-0.1, -0.05) is 37.0 Å². The number of ether oxygens (including phenoxy) is 6.